The maximum atomic E-state index is 13.1. The maximum absolute atomic E-state index is 13.1. The number of ether oxygens (including phenoxy) is 1. The number of hydrogen-bond acceptors (Lipinski definition) is 4. The lowest BCUT2D eigenvalue weighted by molar-refractivity contribution is -0.131. The number of carbonyl (C=O) groups excluding carboxylic acids is 3. The Bertz CT molecular complexity index is 942. The molecule has 1 N–H and O–H groups in total. The van der Waals surface area contributed by atoms with E-state index in [4.69, 9.17) is 16.3 Å². The summed E-state index contributed by atoms with van der Waals surface area (Å²) in [5.41, 5.74) is 0.538. The monoisotopic (exact) mass is 400 g/mol. The van der Waals surface area contributed by atoms with Crippen LogP contribution in [-0.2, 0) is 16.9 Å². The average molecular weight is 401 g/mol. The summed E-state index contributed by atoms with van der Waals surface area (Å²) in [4.78, 5) is 38.6. The zero-order valence-electron chi connectivity index (χ0n) is 15.9. The van der Waals surface area contributed by atoms with Gasteiger partial charge in [-0.2, -0.15) is 0 Å². The molecule has 7 heteroatoms. The van der Waals surface area contributed by atoms with E-state index in [1.165, 1.54) is 6.92 Å². The van der Waals surface area contributed by atoms with E-state index >= 15 is 0 Å². The minimum absolute atomic E-state index is 0.00427. The highest BCUT2D eigenvalue weighted by Gasteiger charge is 2.49. The SMILES string of the molecule is CCOc1ccc(C(C)=O)cc1CN1C(=O)N[C@@](C)(c2ccc(Cl)cc2)C1=O. The Kier molecular flexibility index (Phi) is 5.42. The summed E-state index contributed by atoms with van der Waals surface area (Å²) >= 11 is 5.93. The zero-order valence-corrected chi connectivity index (χ0v) is 16.7. The van der Waals surface area contributed by atoms with Crippen LogP contribution in [0, 0.1) is 0 Å². The average Bonchev–Trinajstić information content (AvgIpc) is 2.87. The molecule has 2 aromatic rings. The summed E-state index contributed by atoms with van der Waals surface area (Å²) in [5, 5.41) is 3.31. The van der Waals surface area contributed by atoms with Crippen molar-refractivity contribution in [1.29, 1.82) is 0 Å². The predicted octanol–water partition coefficient (Wildman–Crippen LogP) is 3.91. The van der Waals surface area contributed by atoms with Gasteiger partial charge in [-0.1, -0.05) is 23.7 Å². The van der Waals surface area contributed by atoms with Crippen LogP contribution >= 0.6 is 11.6 Å². The number of amides is 3. The van der Waals surface area contributed by atoms with Crippen LogP contribution in [-0.4, -0.2) is 29.2 Å². The molecule has 3 amide bonds. The molecule has 0 radical (unpaired) electrons. The second kappa shape index (κ2) is 7.64. The number of urea groups is 1. The van der Waals surface area contributed by atoms with Gasteiger partial charge < -0.3 is 10.1 Å². The van der Waals surface area contributed by atoms with Crippen LogP contribution in [0.1, 0.15) is 42.3 Å². The Morgan fingerprint density at radius 2 is 1.86 bits per heavy atom. The van der Waals surface area contributed by atoms with E-state index in [2.05, 4.69) is 5.32 Å². The van der Waals surface area contributed by atoms with E-state index < -0.39 is 11.6 Å². The quantitative estimate of drug-likeness (QED) is 0.589. The molecule has 28 heavy (non-hydrogen) atoms. The van der Waals surface area contributed by atoms with Gasteiger partial charge in [0.2, 0.25) is 0 Å². The summed E-state index contributed by atoms with van der Waals surface area (Å²) in [7, 11) is 0. The molecular formula is C21H21ClN2O4. The number of nitrogens with one attached hydrogen (secondary N) is 1. The molecule has 6 nitrogen and oxygen atoms in total. The van der Waals surface area contributed by atoms with Crippen molar-refractivity contribution in [2.45, 2.75) is 32.9 Å². The summed E-state index contributed by atoms with van der Waals surface area (Å²) in [6.07, 6.45) is 0. The standard InChI is InChI=1S/C21H21ClN2O4/c1-4-28-18-10-5-14(13(2)25)11-15(18)12-24-19(26)21(3,23-20(24)27)16-6-8-17(22)9-7-16/h5-11H,4,12H2,1-3H3,(H,23,27)/t21-/m0/s1. The first-order valence-corrected chi connectivity index (χ1v) is 9.31. The number of Topliss-reactive ketones (excluding diaryl/α,β-unsaturated/α-hetero) is 1. The van der Waals surface area contributed by atoms with E-state index in [0.29, 0.717) is 34.1 Å². The van der Waals surface area contributed by atoms with E-state index in [0.717, 1.165) is 4.90 Å². The maximum Gasteiger partial charge on any atom is 0.325 e. The second-order valence-corrected chi connectivity index (χ2v) is 7.20. The van der Waals surface area contributed by atoms with Crippen molar-refractivity contribution < 1.29 is 19.1 Å². The molecule has 3 rings (SSSR count). The van der Waals surface area contributed by atoms with Crippen molar-refractivity contribution in [2.24, 2.45) is 0 Å². The third-order valence-corrected chi connectivity index (χ3v) is 5.04. The number of benzene rings is 2. The molecule has 1 heterocycles. The third kappa shape index (κ3) is 3.60. The normalized spacial score (nSPS) is 18.9. The number of carbonyl (C=O) groups is 3. The van der Waals surface area contributed by atoms with Crippen molar-refractivity contribution in [3.63, 3.8) is 0 Å². The molecule has 0 aliphatic carbocycles. The number of halogens is 1. The van der Waals surface area contributed by atoms with E-state index in [1.54, 1.807) is 49.4 Å². The molecular weight excluding hydrogens is 380 g/mol. The molecule has 1 fully saturated rings. The van der Waals surface area contributed by atoms with E-state index in [9.17, 15) is 14.4 Å². The lowest BCUT2D eigenvalue weighted by Gasteiger charge is -2.22. The van der Waals surface area contributed by atoms with Crippen LogP contribution in [0.3, 0.4) is 0 Å². The zero-order chi connectivity index (χ0) is 20.5. The van der Waals surface area contributed by atoms with Gasteiger partial charge in [-0.25, -0.2) is 4.79 Å². The summed E-state index contributed by atoms with van der Waals surface area (Å²) < 4.78 is 5.61. The van der Waals surface area contributed by atoms with Gasteiger partial charge in [0.15, 0.2) is 5.78 Å². The summed E-state index contributed by atoms with van der Waals surface area (Å²) in [6.45, 7) is 5.39. The smallest absolute Gasteiger partial charge is 0.325 e. The largest absolute Gasteiger partial charge is 0.494 e. The molecule has 1 aliphatic heterocycles. The van der Waals surface area contributed by atoms with Crippen molar-refractivity contribution >= 4 is 29.3 Å². The Hall–Kier alpha value is -2.86. The molecule has 0 unspecified atom stereocenters. The molecule has 0 saturated carbocycles. The fourth-order valence-corrected chi connectivity index (χ4v) is 3.33. The van der Waals surface area contributed by atoms with E-state index in [-0.39, 0.29) is 18.2 Å². The highest BCUT2D eigenvalue weighted by Crippen LogP contribution is 2.32. The van der Waals surface area contributed by atoms with Crippen LogP contribution in [0.15, 0.2) is 42.5 Å². The molecule has 0 spiro atoms. The summed E-state index contributed by atoms with van der Waals surface area (Å²) in [5.74, 6) is 0.0520. The molecule has 0 aromatic heterocycles. The Labute approximate surface area is 168 Å². The summed E-state index contributed by atoms with van der Waals surface area (Å²) in [6, 6.07) is 11.3. The van der Waals surface area contributed by atoms with E-state index in [1.807, 2.05) is 6.92 Å². The number of imide groups is 1. The van der Waals surface area contributed by atoms with Gasteiger partial charge in [0.05, 0.1) is 13.2 Å². The fraction of sp³-hybridized carbons (Fsp3) is 0.286. The Morgan fingerprint density at radius 1 is 1.18 bits per heavy atom. The lowest BCUT2D eigenvalue weighted by atomic mass is 9.92. The highest BCUT2D eigenvalue weighted by atomic mass is 35.5. The Morgan fingerprint density at radius 3 is 2.46 bits per heavy atom. The first-order chi connectivity index (χ1) is 13.3. The van der Waals surface area contributed by atoms with Gasteiger partial charge in [0.25, 0.3) is 5.91 Å². The van der Waals surface area contributed by atoms with Crippen LogP contribution in [0.4, 0.5) is 4.79 Å². The lowest BCUT2D eigenvalue weighted by Crippen LogP contribution is -2.40. The van der Waals surface area contributed by atoms with Crippen molar-refractivity contribution in [3.8, 4) is 5.75 Å². The molecule has 1 atom stereocenters. The number of rotatable bonds is 6. The van der Waals surface area contributed by atoms with Crippen molar-refractivity contribution in [1.82, 2.24) is 10.2 Å². The van der Waals surface area contributed by atoms with Gasteiger partial charge in [-0.15, -0.1) is 0 Å². The van der Waals surface area contributed by atoms with Crippen LogP contribution in [0.25, 0.3) is 0 Å². The second-order valence-electron chi connectivity index (χ2n) is 6.77. The van der Waals surface area contributed by atoms with Crippen LogP contribution < -0.4 is 10.1 Å². The number of hydrogen-bond donors (Lipinski definition) is 1. The van der Waals surface area contributed by atoms with Gasteiger partial charge in [0.1, 0.15) is 11.3 Å². The molecule has 1 saturated heterocycles. The van der Waals surface area contributed by atoms with Gasteiger partial charge in [0, 0.05) is 16.1 Å². The van der Waals surface area contributed by atoms with Crippen LogP contribution in [0.2, 0.25) is 5.02 Å². The molecule has 1 aliphatic rings. The minimum atomic E-state index is -1.19. The van der Waals surface area contributed by atoms with Crippen molar-refractivity contribution in [2.75, 3.05) is 6.61 Å². The molecule has 146 valence electrons. The Balaban J connectivity index is 1.93. The number of ketones is 1. The van der Waals surface area contributed by atoms with Crippen LogP contribution in [0.5, 0.6) is 5.75 Å². The predicted molar refractivity (Wildman–Crippen MR) is 106 cm³/mol. The van der Waals surface area contributed by atoms with Gasteiger partial charge in [-0.05, 0) is 56.7 Å². The van der Waals surface area contributed by atoms with Gasteiger partial charge in [-0.3, -0.25) is 14.5 Å². The molecule has 2 aromatic carbocycles. The first-order valence-electron chi connectivity index (χ1n) is 8.93. The fourth-order valence-electron chi connectivity index (χ4n) is 3.21. The first kappa shape index (κ1) is 19.9. The number of nitrogens with zero attached hydrogens (tertiary/aromatic N) is 1. The van der Waals surface area contributed by atoms with Crippen molar-refractivity contribution in [3.05, 3.63) is 64.2 Å². The van der Waals surface area contributed by atoms with Gasteiger partial charge >= 0.3 is 6.03 Å². The topological polar surface area (TPSA) is 75.7 Å². The molecule has 0 bridgehead atoms. The highest BCUT2D eigenvalue weighted by molar-refractivity contribution is 6.30. The minimum Gasteiger partial charge on any atom is -0.494 e. The third-order valence-electron chi connectivity index (χ3n) is 4.79.